The smallest absolute Gasteiger partial charge is 0.326 e. The number of rotatable bonds is 16. The van der Waals surface area contributed by atoms with E-state index in [-0.39, 0.29) is 25.2 Å². The Hall–Kier alpha value is -4.72. The van der Waals surface area contributed by atoms with Crippen molar-refractivity contribution in [3.8, 4) is 0 Å². The number of hydrogen-bond donors (Lipinski definition) is 9. The van der Waals surface area contributed by atoms with Crippen molar-refractivity contribution < 1.29 is 34.2 Å². The standard InChI is InChI=1S/C27H37N7O7/c1-15(23(37)33-20(26(40)41)10-11-22(35)36)32-25(39)21(34-24(38)19(28)7-4-12-31-27(29)30)14-16-8-9-17-5-2-3-6-18(17)13-16/h2-3,5-6,8-9,13,15,19-21H,4,7,10-12,14,28H2,1H3,(H,32,39)(H,33,37)(H,34,38)(H,35,36)(H,40,41)(H4,29,30,31)/t15-,19+,20-,21+/m1/s1. The second-order valence-electron chi connectivity index (χ2n) is 9.60. The lowest BCUT2D eigenvalue weighted by Gasteiger charge is -2.24. The summed E-state index contributed by atoms with van der Waals surface area (Å²) < 4.78 is 0. The Bertz CT molecular complexity index is 1270. The second-order valence-corrected chi connectivity index (χ2v) is 9.60. The Kier molecular flexibility index (Phi) is 12.5. The SMILES string of the molecule is C[C@@H](NC(=O)[C@H](Cc1ccc2ccccc2c1)NC(=O)[C@@H](N)CCCNC(=N)N)C(=O)N[C@H](CCC(=O)O)C(=O)O. The minimum Gasteiger partial charge on any atom is -0.481 e. The summed E-state index contributed by atoms with van der Waals surface area (Å²) in [5, 5.41) is 37.2. The van der Waals surface area contributed by atoms with Crippen molar-refractivity contribution >= 4 is 46.4 Å². The van der Waals surface area contributed by atoms with Crippen molar-refractivity contribution in [2.75, 3.05) is 6.54 Å². The average Bonchev–Trinajstić information content (AvgIpc) is 2.92. The van der Waals surface area contributed by atoms with E-state index in [9.17, 15) is 29.1 Å². The van der Waals surface area contributed by atoms with Crippen LogP contribution in [-0.4, -0.2) is 76.5 Å². The minimum absolute atomic E-state index is 0.0751. The van der Waals surface area contributed by atoms with E-state index in [0.29, 0.717) is 13.0 Å². The van der Waals surface area contributed by atoms with Crippen LogP contribution in [0, 0.1) is 5.41 Å². The largest absolute Gasteiger partial charge is 0.481 e. The van der Waals surface area contributed by atoms with Crippen molar-refractivity contribution in [1.82, 2.24) is 21.3 Å². The number of amides is 3. The second kappa shape index (κ2) is 15.8. The molecule has 0 bridgehead atoms. The number of nitrogens with two attached hydrogens (primary N) is 2. The van der Waals surface area contributed by atoms with Gasteiger partial charge in [0, 0.05) is 19.4 Å². The number of nitrogens with one attached hydrogen (secondary N) is 5. The molecule has 4 atom stereocenters. The fraction of sp³-hybridized carbons (Fsp3) is 0.407. The third kappa shape index (κ3) is 11.1. The van der Waals surface area contributed by atoms with Crippen molar-refractivity contribution in [1.29, 1.82) is 5.41 Å². The van der Waals surface area contributed by atoms with Crippen LogP contribution in [0.4, 0.5) is 0 Å². The summed E-state index contributed by atoms with van der Waals surface area (Å²) >= 11 is 0. The Balaban J connectivity index is 2.14. The molecule has 0 saturated carbocycles. The highest BCUT2D eigenvalue weighted by atomic mass is 16.4. The molecule has 2 aromatic carbocycles. The number of aliphatic carboxylic acids is 2. The Labute approximate surface area is 236 Å². The molecule has 14 nitrogen and oxygen atoms in total. The molecule has 14 heteroatoms. The van der Waals surface area contributed by atoms with Crippen molar-refractivity contribution in [2.45, 2.75) is 63.2 Å². The summed E-state index contributed by atoms with van der Waals surface area (Å²) in [6, 6.07) is 8.47. The maximum Gasteiger partial charge on any atom is 0.326 e. The summed E-state index contributed by atoms with van der Waals surface area (Å²) in [4.78, 5) is 61.0. The Morgan fingerprint density at radius 2 is 1.54 bits per heavy atom. The van der Waals surface area contributed by atoms with E-state index in [1.54, 1.807) is 0 Å². The first-order valence-electron chi connectivity index (χ1n) is 13.0. The van der Waals surface area contributed by atoms with Gasteiger partial charge in [-0.3, -0.25) is 24.6 Å². The summed E-state index contributed by atoms with van der Waals surface area (Å²) in [5.41, 5.74) is 12.0. The molecule has 0 fully saturated rings. The average molecular weight is 572 g/mol. The van der Waals surface area contributed by atoms with Crippen LogP contribution < -0.4 is 32.7 Å². The summed E-state index contributed by atoms with van der Waals surface area (Å²) in [6.07, 6.45) is -0.0339. The quantitative estimate of drug-likeness (QED) is 0.0702. The molecule has 0 aliphatic heterocycles. The van der Waals surface area contributed by atoms with E-state index in [1.807, 2.05) is 42.5 Å². The van der Waals surface area contributed by atoms with Crippen LogP contribution in [0.15, 0.2) is 42.5 Å². The summed E-state index contributed by atoms with van der Waals surface area (Å²) in [5.74, 6) is -4.95. The lowest BCUT2D eigenvalue weighted by atomic mass is 10.0. The third-order valence-corrected chi connectivity index (χ3v) is 6.24. The van der Waals surface area contributed by atoms with Gasteiger partial charge in [-0.25, -0.2) is 4.79 Å². The van der Waals surface area contributed by atoms with E-state index >= 15 is 0 Å². The van der Waals surface area contributed by atoms with Crippen LogP contribution in [0.2, 0.25) is 0 Å². The van der Waals surface area contributed by atoms with Gasteiger partial charge in [0.15, 0.2) is 5.96 Å². The highest BCUT2D eigenvalue weighted by Gasteiger charge is 2.29. The summed E-state index contributed by atoms with van der Waals surface area (Å²) in [6.45, 7) is 1.68. The van der Waals surface area contributed by atoms with Crippen LogP contribution in [0.1, 0.15) is 38.2 Å². The topological polar surface area (TPSA) is 250 Å². The third-order valence-electron chi connectivity index (χ3n) is 6.24. The molecular weight excluding hydrogens is 534 g/mol. The lowest BCUT2D eigenvalue weighted by Crippen LogP contribution is -2.57. The van der Waals surface area contributed by atoms with Crippen LogP contribution in [0.3, 0.4) is 0 Å². The monoisotopic (exact) mass is 571 g/mol. The molecule has 2 aromatic rings. The molecule has 0 radical (unpaired) electrons. The van der Waals surface area contributed by atoms with Gasteiger partial charge >= 0.3 is 11.9 Å². The molecule has 2 rings (SSSR count). The number of carboxylic acid groups (broad SMARTS) is 2. The first-order chi connectivity index (χ1) is 19.4. The zero-order valence-electron chi connectivity index (χ0n) is 22.7. The fourth-order valence-electron chi connectivity index (χ4n) is 3.97. The molecule has 0 heterocycles. The molecule has 222 valence electrons. The maximum absolute atomic E-state index is 13.3. The van der Waals surface area contributed by atoms with Gasteiger partial charge in [-0.1, -0.05) is 42.5 Å². The predicted molar refractivity (Wildman–Crippen MR) is 151 cm³/mol. The van der Waals surface area contributed by atoms with Gasteiger partial charge < -0.3 is 42.9 Å². The molecule has 0 unspecified atom stereocenters. The van der Waals surface area contributed by atoms with Crippen molar-refractivity contribution in [3.63, 3.8) is 0 Å². The van der Waals surface area contributed by atoms with E-state index in [4.69, 9.17) is 22.0 Å². The van der Waals surface area contributed by atoms with Crippen molar-refractivity contribution in [3.05, 3.63) is 48.0 Å². The number of carboxylic acids is 2. The fourth-order valence-corrected chi connectivity index (χ4v) is 3.97. The van der Waals surface area contributed by atoms with Gasteiger partial charge in [0.1, 0.15) is 18.1 Å². The normalized spacial score (nSPS) is 13.7. The molecular formula is C27H37N7O7. The lowest BCUT2D eigenvalue weighted by molar-refractivity contribution is -0.143. The van der Waals surface area contributed by atoms with E-state index < -0.39 is 60.2 Å². The van der Waals surface area contributed by atoms with Crippen LogP contribution in [0.5, 0.6) is 0 Å². The minimum atomic E-state index is -1.46. The highest BCUT2D eigenvalue weighted by Crippen LogP contribution is 2.17. The van der Waals surface area contributed by atoms with E-state index in [2.05, 4.69) is 21.3 Å². The van der Waals surface area contributed by atoms with Gasteiger partial charge in [0.25, 0.3) is 0 Å². The molecule has 0 saturated heterocycles. The maximum atomic E-state index is 13.3. The molecule has 0 aliphatic carbocycles. The molecule has 0 aromatic heterocycles. The summed E-state index contributed by atoms with van der Waals surface area (Å²) in [7, 11) is 0. The van der Waals surface area contributed by atoms with E-state index in [1.165, 1.54) is 6.92 Å². The molecule has 3 amide bonds. The van der Waals surface area contributed by atoms with Gasteiger partial charge in [0.2, 0.25) is 17.7 Å². The number of hydrogen-bond acceptors (Lipinski definition) is 7. The Morgan fingerprint density at radius 1 is 0.878 bits per heavy atom. The first kappa shape index (κ1) is 32.5. The van der Waals surface area contributed by atoms with Gasteiger partial charge in [-0.2, -0.15) is 0 Å². The molecule has 41 heavy (non-hydrogen) atoms. The number of guanidine groups is 1. The molecule has 0 spiro atoms. The zero-order chi connectivity index (χ0) is 30.5. The van der Waals surface area contributed by atoms with Crippen LogP contribution in [-0.2, 0) is 30.4 Å². The Morgan fingerprint density at radius 3 is 2.17 bits per heavy atom. The zero-order valence-corrected chi connectivity index (χ0v) is 22.7. The molecule has 0 aliphatic rings. The van der Waals surface area contributed by atoms with Crippen molar-refractivity contribution in [2.24, 2.45) is 11.5 Å². The molecule has 11 N–H and O–H groups in total. The van der Waals surface area contributed by atoms with Gasteiger partial charge in [-0.15, -0.1) is 0 Å². The van der Waals surface area contributed by atoms with Crippen LogP contribution in [0.25, 0.3) is 10.8 Å². The van der Waals surface area contributed by atoms with E-state index in [0.717, 1.165) is 16.3 Å². The van der Waals surface area contributed by atoms with Gasteiger partial charge in [0.05, 0.1) is 6.04 Å². The number of benzene rings is 2. The van der Waals surface area contributed by atoms with Crippen LogP contribution >= 0.6 is 0 Å². The number of fused-ring (bicyclic) bond motifs is 1. The number of carbonyl (C=O) groups excluding carboxylic acids is 3. The predicted octanol–water partition coefficient (Wildman–Crippen LogP) is -0.603. The van der Waals surface area contributed by atoms with Gasteiger partial charge in [-0.05, 0) is 42.5 Å². The number of carbonyl (C=O) groups is 5. The first-order valence-corrected chi connectivity index (χ1v) is 13.0. The highest BCUT2D eigenvalue weighted by molar-refractivity contribution is 5.94.